The minimum Gasteiger partial charge on any atom is -0.383 e. The summed E-state index contributed by atoms with van der Waals surface area (Å²) in [6.45, 7) is 0.836. The van der Waals surface area contributed by atoms with Gasteiger partial charge in [-0.15, -0.1) is 0 Å². The molecule has 1 aliphatic heterocycles. The fraction of sp³-hybridized carbons (Fsp3) is 0.250. The standard InChI is InChI=1S/C20H19ClN4O3/c1-28-7-6-25-17-5-3-2-4-12(17)9-16(20(25)27)24-19(26)15-10-13-8-14(21)11-22-18(13)23-15/h2-5,8,10-11,16H,6-7,9H2,1H3,(H,22,23)(H,24,26). The Bertz CT molecular complexity index is 1050. The molecule has 2 amide bonds. The van der Waals surface area contributed by atoms with Crippen molar-refractivity contribution in [3.05, 3.63) is 58.9 Å². The topological polar surface area (TPSA) is 87.3 Å². The van der Waals surface area contributed by atoms with E-state index in [4.69, 9.17) is 16.3 Å². The highest BCUT2D eigenvalue weighted by atomic mass is 35.5. The zero-order valence-corrected chi connectivity index (χ0v) is 16.0. The maximum Gasteiger partial charge on any atom is 0.268 e. The number of ether oxygens (including phenoxy) is 1. The van der Waals surface area contributed by atoms with Crippen LogP contribution in [-0.4, -0.2) is 48.1 Å². The number of amides is 2. The molecule has 2 aromatic heterocycles. The molecule has 144 valence electrons. The molecule has 1 aliphatic rings. The highest BCUT2D eigenvalue weighted by molar-refractivity contribution is 6.31. The number of aromatic amines is 1. The molecule has 3 heterocycles. The Morgan fingerprint density at radius 1 is 1.39 bits per heavy atom. The molecule has 0 spiro atoms. The smallest absolute Gasteiger partial charge is 0.268 e. The Morgan fingerprint density at radius 3 is 3.04 bits per heavy atom. The van der Waals surface area contributed by atoms with Crippen LogP contribution in [0.4, 0.5) is 5.69 Å². The fourth-order valence-electron chi connectivity index (χ4n) is 3.43. The Kier molecular flexibility index (Phi) is 5.02. The van der Waals surface area contributed by atoms with E-state index in [2.05, 4.69) is 15.3 Å². The lowest BCUT2D eigenvalue weighted by molar-refractivity contribution is -0.121. The summed E-state index contributed by atoms with van der Waals surface area (Å²) in [6.07, 6.45) is 1.95. The number of fused-ring (bicyclic) bond motifs is 2. The quantitative estimate of drug-likeness (QED) is 0.691. The molecule has 0 saturated carbocycles. The number of hydrogen-bond acceptors (Lipinski definition) is 4. The molecule has 0 saturated heterocycles. The summed E-state index contributed by atoms with van der Waals surface area (Å²) in [4.78, 5) is 34.5. The number of pyridine rings is 1. The van der Waals surface area contributed by atoms with E-state index in [9.17, 15) is 9.59 Å². The number of anilines is 1. The van der Waals surface area contributed by atoms with Crippen molar-refractivity contribution in [1.29, 1.82) is 0 Å². The summed E-state index contributed by atoms with van der Waals surface area (Å²) in [5.74, 6) is -0.514. The van der Waals surface area contributed by atoms with Crippen LogP contribution in [0.15, 0.2) is 42.6 Å². The molecule has 1 atom stereocenters. The second kappa shape index (κ2) is 7.61. The van der Waals surface area contributed by atoms with E-state index >= 15 is 0 Å². The predicted molar refractivity (Wildman–Crippen MR) is 107 cm³/mol. The van der Waals surface area contributed by atoms with Crippen LogP contribution in [0.3, 0.4) is 0 Å². The Hall–Kier alpha value is -2.90. The lowest BCUT2D eigenvalue weighted by Crippen LogP contribution is -2.53. The van der Waals surface area contributed by atoms with E-state index in [0.29, 0.717) is 35.9 Å². The number of para-hydroxylation sites is 1. The van der Waals surface area contributed by atoms with Gasteiger partial charge in [0.25, 0.3) is 5.91 Å². The third-order valence-electron chi connectivity index (χ3n) is 4.78. The summed E-state index contributed by atoms with van der Waals surface area (Å²) in [5, 5.41) is 4.07. The van der Waals surface area contributed by atoms with Crippen molar-refractivity contribution in [3.8, 4) is 0 Å². The first-order chi connectivity index (χ1) is 13.6. The first-order valence-electron chi connectivity index (χ1n) is 8.90. The number of hydrogen-bond donors (Lipinski definition) is 2. The van der Waals surface area contributed by atoms with Crippen LogP contribution in [0.5, 0.6) is 0 Å². The van der Waals surface area contributed by atoms with Crippen molar-refractivity contribution in [3.63, 3.8) is 0 Å². The summed E-state index contributed by atoms with van der Waals surface area (Å²) in [5.41, 5.74) is 2.77. The van der Waals surface area contributed by atoms with Crippen LogP contribution >= 0.6 is 11.6 Å². The second-order valence-electron chi connectivity index (χ2n) is 6.62. The molecule has 7 nitrogen and oxygen atoms in total. The minimum absolute atomic E-state index is 0.151. The molecule has 8 heteroatoms. The number of methoxy groups -OCH3 is 1. The van der Waals surface area contributed by atoms with Crippen LogP contribution in [-0.2, 0) is 16.0 Å². The number of benzene rings is 1. The van der Waals surface area contributed by atoms with Gasteiger partial charge in [0.05, 0.1) is 11.6 Å². The van der Waals surface area contributed by atoms with Crippen molar-refractivity contribution >= 4 is 40.1 Å². The van der Waals surface area contributed by atoms with Gasteiger partial charge in [0.2, 0.25) is 5.91 Å². The monoisotopic (exact) mass is 398 g/mol. The highest BCUT2D eigenvalue weighted by Gasteiger charge is 2.33. The fourth-order valence-corrected chi connectivity index (χ4v) is 3.60. The zero-order chi connectivity index (χ0) is 19.7. The van der Waals surface area contributed by atoms with Crippen molar-refractivity contribution in [2.45, 2.75) is 12.5 Å². The normalized spacial score (nSPS) is 16.3. The van der Waals surface area contributed by atoms with Gasteiger partial charge < -0.3 is 19.9 Å². The Morgan fingerprint density at radius 2 is 2.21 bits per heavy atom. The van der Waals surface area contributed by atoms with Crippen molar-refractivity contribution in [2.24, 2.45) is 0 Å². The van der Waals surface area contributed by atoms with Gasteiger partial charge in [-0.25, -0.2) is 4.98 Å². The summed E-state index contributed by atoms with van der Waals surface area (Å²) in [7, 11) is 1.59. The van der Waals surface area contributed by atoms with Crippen LogP contribution in [0.2, 0.25) is 5.02 Å². The first kappa shape index (κ1) is 18.5. The van der Waals surface area contributed by atoms with Gasteiger partial charge >= 0.3 is 0 Å². The van der Waals surface area contributed by atoms with Gasteiger partial charge in [-0.2, -0.15) is 0 Å². The zero-order valence-electron chi connectivity index (χ0n) is 15.2. The molecule has 0 aliphatic carbocycles. The van der Waals surface area contributed by atoms with Crippen LogP contribution in [0, 0.1) is 0 Å². The number of halogens is 1. The molecule has 4 rings (SSSR count). The molecule has 1 unspecified atom stereocenters. The van der Waals surface area contributed by atoms with Gasteiger partial charge in [0.1, 0.15) is 17.4 Å². The van der Waals surface area contributed by atoms with Gasteiger partial charge in [-0.05, 0) is 23.8 Å². The highest BCUT2D eigenvalue weighted by Crippen LogP contribution is 2.28. The average Bonchev–Trinajstić information content (AvgIpc) is 3.11. The van der Waals surface area contributed by atoms with E-state index in [1.807, 2.05) is 24.3 Å². The van der Waals surface area contributed by atoms with Gasteiger partial charge in [0, 0.05) is 37.3 Å². The molecule has 0 fully saturated rings. The molecule has 0 bridgehead atoms. The minimum atomic E-state index is -0.651. The Labute approximate surface area is 166 Å². The summed E-state index contributed by atoms with van der Waals surface area (Å²) in [6, 6.07) is 10.5. The molecular weight excluding hydrogens is 380 g/mol. The SMILES string of the molecule is COCCN1C(=O)C(NC(=O)c2cc3cc(Cl)cnc3[nH]2)Cc2ccccc21. The van der Waals surface area contributed by atoms with E-state index in [-0.39, 0.29) is 11.8 Å². The van der Waals surface area contributed by atoms with E-state index < -0.39 is 6.04 Å². The third kappa shape index (κ3) is 3.46. The molecular formula is C20H19ClN4O3. The Balaban J connectivity index is 1.58. The summed E-state index contributed by atoms with van der Waals surface area (Å²) < 4.78 is 5.13. The lowest BCUT2D eigenvalue weighted by atomic mass is 9.97. The molecule has 2 N–H and O–H groups in total. The first-order valence-corrected chi connectivity index (χ1v) is 9.28. The number of carbonyl (C=O) groups excluding carboxylic acids is 2. The number of aromatic nitrogens is 2. The van der Waals surface area contributed by atoms with Crippen molar-refractivity contribution < 1.29 is 14.3 Å². The average molecular weight is 399 g/mol. The van der Waals surface area contributed by atoms with Crippen molar-refractivity contribution in [1.82, 2.24) is 15.3 Å². The number of carbonyl (C=O) groups is 2. The number of nitrogens with one attached hydrogen (secondary N) is 2. The number of H-pyrrole nitrogens is 1. The largest absolute Gasteiger partial charge is 0.383 e. The molecule has 28 heavy (non-hydrogen) atoms. The van der Waals surface area contributed by atoms with E-state index in [1.54, 1.807) is 24.1 Å². The van der Waals surface area contributed by atoms with Gasteiger partial charge in [-0.3, -0.25) is 9.59 Å². The van der Waals surface area contributed by atoms with Crippen LogP contribution in [0.1, 0.15) is 16.1 Å². The van der Waals surface area contributed by atoms with Crippen molar-refractivity contribution in [2.75, 3.05) is 25.2 Å². The second-order valence-corrected chi connectivity index (χ2v) is 7.05. The van der Waals surface area contributed by atoms with Crippen LogP contribution < -0.4 is 10.2 Å². The predicted octanol–water partition coefficient (Wildman–Crippen LogP) is 2.55. The third-order valence-corrected chi connectivity index (χ3v) is 4.98. The molecule has 3 aromatic rings. The van der Waals surface area contributed by atoms with Crippen LogP contribution in [0.25, 0.3) is 11.0 Å². The molecule has 0 radical (unpaired) electrons. The van der Waals surface area contributed by atoms with Gasteiger partial charge in [0.15, 0.2) is 0 Å². The maximum absolute atomic E-state index is 13.0. The van der Waals surface area contributed by atoms with Gasteiger partial charge in [-0.1, -0.05) is 29.8 Å². The maximum atomic E-state index is 13.0. The number of nitrogens with zero attached hydrogens (tertiary/aromatic N) is 2. The van der Waals surface area contributed by atoms with E-state index in [0.717, 1.165) is 16.6 Å². The number of rotatable bonds is 5. The lowest BCUT2D eigenvalue weighted by Gasteiger charge is -2.34. The summed E-state index contributed by atoms with van der Waals surface area (Å²) >= 11 is 5.95. The molecule has 1 aromatic carbocycles. The van der Waals surface area contributed by atoms with E-state index in [1.165, 1.54) is 6.20 Å².